The summed E-state index contributed by atoms with van der Waals surface area (Å²) in [7, 11) is 6.74. The van der Waals surface area contributed by atoms with Gasteiger partial charge in [0.05, 0.1) is 36.2 Å². The number of rotatable bonds is 7. The van der Waals surface area contributed by atoms with Crippen molar-refractivity contribution in [1.29, 1.82) is 0 Å². The molecule has 36 heavy (non-hydrogen) atoms. The summed E-state index contributed by atoms with van der Waals surface area (Å²) in [6.07, 6.45) is 3.33. The van der Waals surface area contributed by atoms with Crippen molar-refractivity contribution in [1.82, 2.24) is 9.88 Å². The van der Waals surface area contributed by atoms with Crippen molar-refractivity contribution in [2.45, 2.75) is 0 Å². The first-order valence-corrected chi connectivity index (χ1v) is 11.3. The van der Waals surface area contributed by atoms with Crippen LogP contribution in [0.1, 0.15) is 21.5 Å². The molecular formula is C27H27N5O4. The van der Waals surface area contributed by atoms with Crippen molar-refractivity contribution in [3.63, 3.8) is 0 Å². The number of aromatic nitrogens is 1. The van der Waals surface area contributed by atoms with Gasteiger partial charge in [-0.05, 0) is 62.6 Å². The number of hydrogen-bond donors (Lipinski definition) is 2. The van der Waals surface area contributed by atoms with E-state index in [0.29, 0.717) is 34.6 Å². The largest absolute Gasteiger partial charge is 0.465 e. The minimum atomic E-state index is -0.482. The Kier molecular flexibility index (Phi) is 7.12. The van der Waals surface area contributed by atoms with Crippen LogP contribution in [0.5, 0.6) is 0 Å². The second kappa shape index (κ2) is 10.4. The molecule has 1 aliphatic heterocycles. The van der Waals surface area contributed by atoms with Gasteiger partial charge in [0, 0.05) is 41.9 Å². The molecule has 9 heteroatoms. The van der Waals surface area contributed by atoms with Crippen LogP contribution in [0.3, 0.4) is 0 Å². The number of nitrogens with zero attached hydrogens (tertiary/aromatic N) is 3. The quantitative estimate of drug-likeness (QED) is 0.391. The molecule has 184 valence electrons. The highest BCUT2D eigenvalue weighted by molar-refractivity contribution is 6.37. The van der Waals surface area contributed by atoms with Gasteiger partial charge in [-0.25, -0.2) is 4.79 Å². The predicted molar refractivity (Wildman–Crippen MR) is 139 cm³/mol. The highest BCUT2D eigenvalue weighted by Crippen LogP contribution is 2.38. The molecule has 2 N–H and O–H groups in total. The Balaban J connectivity index is 1.71. The standard InChI is InChI=1S/C27H27N5O4/c1-31(2)16-23(33)32(3)20-10-8-19(9-11-20)29-25(18-6-5-13-28-15-18)24-21-12-7-17(27(35)36-4)14-22(21)30-26(24)34/h5-15,29H,16H2,1-4H3,(H,30,34)/b25-24-. The number of fused-ring (bicyclic) bond motifs is 1. The Morgan fingerprint density at radius 2 is 1.78 bits per heavy atom. The van der Waals surface area contributed by atoms with E-state index in [9.17, 15) is 14.4 Å². The van der Waals surface area contributed by atoms with Gasteiger partial charge in [0.2, 0.25) is 5.91 Å². The lowest BCUT2D eigenvalue weighted by atomic mass is 9.99. The summed E-state index contributed by atoms with van der Waals surface area (Å²) >= 11 is 0. The summed E-state index contributed by atoms with van der Waals surface area (Å²) in [5, 5.41) is 6.20. The maximum atomic E-state index is 13.1. The zero-order valence-corrected chi connectivity index (χ0v) is 20.5. The van der Waals surface area contributed by atoms with E-state index in [1.807, 2.05) is 49.3 Å². The zero-order chi connectivity index (χ0) is 25.8. The molecule has 4 rings (SSSR count). The molecule has 2 heterocycles. The second-order valence-electron chi connectivity index (χ2n) is 8.56. The van der Waals surface area contributed by atoms with Crippen molar-refractivity contribution in [3.05, 3.63) is 83.7 Å². The summed E-state index contributed by atoms with van der Waals surface area (Å²) in [6.45, 7) is 0.306. The monoisotopic (exact) mass is 485 g/mol. The van der Waals surface area contributed by atoms with Gasteiger partial charge >= 0.3 is 5.97 Å². The zero-order valence-electron chi connectivity index (χ0n) is 20.5. The lowest BCUT2D eigenvalue weighted by Gasteiger charge is -2.20. The smallest absolute Gasteiger partial charge is 0.337 e. The second-order valence-corrected chi connectivity index (χ2v) is 8.56. The van der Waals surface area contributed by atoms with Gasteiger partial charge in [-0.3, -0.25) is 14.6 Å². The number of ether oxygens (including phenoxy) is 1. The van der Waals surface area contributed by atoms with Crippen LogP contribution in [-0.2, 0) is 14.3 Å². The summed E-state index contributed by atoms with van der Waals surface area (Å²) in [6, 6.07) is 16.0. The lowest BCUT2D eigenvalue weighted by molar-refractivity contribution is -0.119. The summed E-state index contributed by atoms with van der Waals surface area (Å²) in [4.78, 5) is 45.1. The number of pyridine rings is 1. The number of nitrogens with one attached hydrogen (secondary N) is 2. The average Bonchev–Trinajstić information content (AvgIpc) is 3.21. The van der Waals surface area contributed by atoms with Gasteiger partial charge in [-0.1, -0.05) is 6.07 Å². The van der Waals surface area contributed by atoms with Gasteiger partial charge in [0.25, 0.3) is 5.91 Å². The normalized spacial score (nSPS) is 13.6. The Labute approximate surface area is 209 Å². The first kappa shape index (κ1) is 24.6. The van der Waals surface area contributed by atoms with Gasteiger partial charge in [0.15, 0.2) is 0 Å². The van der Waals surface area contributed by atoms with Crippen LogP contribution >= 0.6 is 0 Å². The molecule has 0 atom stereocenters. The molecule has 2 aromatic carbocycles. The van der Waals surface area contributed by atoms with E-state index < -0.39 is 5.97 Å². The van der Waals surface area contributed by atoms with E-state index in [1.165, 1.54) is 7.11 Å². The van der Waals surface area contributed by atoms with Crippen LogP contribution in [-0.4, -0.2) is 62.5 Å². The fourth-order valence-electron chi connectivity index (χ4n) is 3.89. The Bertz CT molecular complexity index is 1330. The van der Waals surface area contributed by atoms with E-state index in [1.54, 1.807) is 48.6 Å². The number of esters is 1. The minimum Gasteiger partial charge on any atom is -0.465 e. The van der Waals surface area contributed by atoms with E-state index in [0.717, 1.165) is 16.9 Å². The predicted octanol–water partition coefficient (Wildman–Crippen LogP) is 3.33. The van der Waals surface area contributed by atoms with E-state index in [2.05, 4.69) is 15.6 Å². The van der Waals surface area contributed by atoms with Gasteiger partial charge < -0.3 is 25.2 Å². The molecule has 0 aliphatic carbocycles. The van der Waals surface area contributed by atoms with Crippen molar-refractivity contribution in [2.75, 3.05) is 50.3 Å². The van der Waals surface area contributed by atoms with Crippen LogP contribution in [0.25, 0.3) is 11.3 Å². The van der Waals surface area contributed by atoms with Crippen molar-refractivity contribution < 1.29 is 19.1 Å². The molecule has 0 spiro atoms. The molecule has 0 fully saturated rings. The van der Waals surface area contributed by atoms with Gasteiger partial charge in [-0.2, -0.15) is 0 Å². The van der Waals surface area contributed by atoms with Gasteiger partial charge in [0.1, 0.15) is 0 Å². The number of anilines is 3. The molecule has 1 aromatic heterocycles. The third kappa shape index (κ3) is 5.11. The molecule has 0 unspecified atom stereocenters. The third-order valence-corrected chi connectivity index (χ3v) is 5.74. The Morgan fingerprint density at radius 1 is 1.03 bits per heavy atom. The lowest BCUT2D eigenvalue weighted by Crippen LogP contribution is -2.34. The molecule has 2 amide bonds. The number of amides is 2. The molecule has 0 bridgehead atoms. The first-order chi connectivity index (χ1) is 17.3. The summed E-state index contributed by atoms with van der Waals surface area (Å²) in [5.41, 5.74) is 4.72. The maximum absolute atomic E-state index is 13.1. The summed E-state index contributed by atoms with van der Waals surface area (Å²) < 4.78 is 4.79. The van der Waals surface area contributed by atoms with Crippen molar-refractivity contribution in [3.8, 4) is 0 Å². The van der Waals surface area contributed by atoms with Crippen LogP contribution in [0.2, 0.25) is 0 Å². The molecular weight excluding hydrogens is 458 g/mol. The Hall–Kier alpha value is -4.50. The molecule has 0 saturated carbocycles. The number of benzene rings is 2. The maximum Gasteiger partial charge on any atom is 0.337 e. The van der Waals surface area contributed by atoms with E-state index >= 15 is 0 Å². The third-order valence-electron chi connectivity index (χ3n) is 5.74. The van der Waals surface area contributed by atoms with Crippen LogP contribution in [0, 0.1) is 0 Å². The van der Waals surface area contributed by atoms with E-state index in [-0.39, 0.29) is 11.8 Å². The van der Waals surface area contributed by atoms with Gasteiger partial charge in [-0.15, -0.1) is 0 Å². The van der Waals surface area contributed by atoms with Crippen LogP contribution < -0.4 is 15.5 Å². The SMILES string of the molecule is COC(=O)c1ccc2c(c1)NC(=O)/C2=C(\Nc1ccc(N(C)C(=O)CN(C)C)cc1)c1cccnc1. The van der Waals surface area contributed by atoms with Crippen LogP contribution in [0.4, 0.5) is 17.1 Å². The fourth-order valence-corrected chi connectivity index (χ4v) is 3.89. The Morgan fingerprint density at radius 3 is 2.42 bits per heavy atom. The number of likely N-dealkylation sites (N-methyl/N-ethyl adjacent to an activating group) is 2. The topological polar surface area (TPSA) is 104 Å². The summed E-state index contributed by atoms with van der Waals surface area (Å²) in [5.74, 6) is -0.808. The molecule has 0 saturated heterocycles. The molecule has 1 aliphatic rings. The van der Waals surface area contributed by atoms with Crippen molar-refractivity contribution in [2.24, 2.45) is 0 Å². The first-order valence-electron chi connectivity index (χ1n) is 11.3. The number of hydrogen-bond acceptors (Lipinski definition) is 7. The highest BCUT2D eigenvalue weighted by atomic mass is 16.5. The molecule has 0 radical (unpaired) electrons. The highest BCUT2D eigenvalue weighted by Gasteiger charge is 2.29. The average molecular weight is 486 g/mol. The van der Waals surface area contributed by atoms with Crippen molar-refractivity contribution >= 4 is 46.1 Å². The molecule has 3 aromatic rings. The molecule has 9 nitrogen and oxygen atoms in total. The van der Waals surface area contributed by atoms with E-state index in [4.69, 9.17) is 4.74 Å². The van der Waals surface area contributed by atoms with Crippen LogP contribution in [0.15, 0.2) is 67.0 Å². The minimum absolute atomic E-state index is 0.0237. The fraction of sp³-hybridized carbons (Fsp3) is 0.185. The number of methoxy groups -OCH3 is 1. The number of carbonyl (C=O) groups excluding carboxylic acids is 3. The number of carbonyl (C=O) groups is 3.